The number of halogens is 1. The normalized spacial score (nSPS) is 11.2. The van der Waals surface area contributed by atoms with Gasteiger partial charge in [0.1, 0.15) is 18.2 Å². The van der Waals surface area contributed by atoms with Crippen molar-refractivity contribution >= 4 is 34.5 Å². The predicted octanol–water partition coefficient (Wildman–Crippen LogP) is 6.79. The molecule has 0 saturated carbocycles. The highest BCUT2D eigenvalue weighted by Gasteiger charge is 2.16. The van der Waals surface area contributed by atoms with Crippen LogP contribution in [0.2, 0.25) is 5.02 Å². The maximum absolute atomic E-state index is 12.9. The van der Waals surface area contributed by atoms with Crippen molar-refractivity contribution in [2.75, 3.05) is 13.2 Å². The summed E-state index contributed by atoms with van der Waals surface area (Å²) in [7, 11) is 0. The zero-order chi connectivity index (χ0) is 27.6. The Morgan fingerprint density at radius 1 is 1.10 bits per heavy atom. The molecule has 4 rings (SSSR count). The van der Waals surface area contributed by atoms with Gasteiger partial charge in [-0.3, -0.25) is 4.79 Å². The minimum atomic E-state index is -0.431. The fourth-order valence-corrected chi connectivity index (χ4v) is 4.52. The van der Waals surface area contributed by atoms with Gasteiger partial charge >= 0.3 is 0 Å². The summed E-state index contributed by atoms with van der Waals surface area (Å²) >= 11 is 6.31. The average molecular weight is 540 g/mol. The van der Waals surface area contributed by atoms with Gasteiger partial charge in [-0.1, -0.05) is 54.1 Å². The van der Waals surface area contributed by atoms with Crippen LogP contribution in [0.4, 0.5) is 0 Å². The van der Waals surface area contributed by atoms with Crippen LogP contribution in [0.5, 0.6) is 11.5 Å². The molecule has 0 aliphatic heterocycles. The molecular formula is C32H30ClN3O3. The van der Waals surface area contributed by atoms with Crippen LogP contribution < -0.4 is 14.8 Å². The van der Waals surface area contributed by atoms with Gasteiger partial charge in [-0.15, -0.1) is 6.58 Å². The zero-order valence-electron chi connectivity index (χ0n) is 21.8. The van der Waals surface area contributed by atoms with Gasteiger partial charge in [0.15, 0.2) is 11.5 Å². The molecule has 39 heavy (non-hydrogen) atoms. The largest absolute Gasteiger partial charge is 0.490 e. The fourth-order valence-electron chi connectivity index (χ4n) is 4.33. The number of amides is 1. The molecule has 0 unspecified atom stereocenters. The Balaban J connectivity index is 1.52. The number of carbonyl (C=O) groups is 1. The van der Waals surface area contributed by atoms with Crippen molar-refractivity contribution in [2.45, 2.75) is 26.4 Å². The third-order valence-corrected chi connectivity index (χ3v) is 6.55. The minimum absolute atomic E-state index is 0.00524. The van der Waals surface area contributed by atoms with Gasteiger partial charge in [0.05, 0.1) is 6.61 Å². The lowest BCUT2D eigenvalue weighted by Gasteiger charge is -2.17. The fraction of sp³-hybridized carbons (Fsp3) is 0.188. The number of nitrogens with one attached hydrogen (secondary N) is 2. The van der Waals surface area contributed by atoms with Crippen molar-refractivity contribution in [3.05, 3.63) is 112 Å². The second kappa shape index (κ2) is 13.4. The molecule has 1 amide bonds. The first kappa shape index (κ1) is 27.6. The van der Waals surface area contributed by atoms with Crippen LogP contribution in [0, 0.1) is 11.3 Å². The number of para-hydroxylation sites is 1. The van der Waals surface area contributed by atoms with Gasteiger partial charge < -0.3 is 19.8 Å². The third kappa shape index (κ3) is 6.90. The lowest BCUT2D eigenvalue weighted by Crippen LogP contribution is -2.26. The van der Waals surface area contributed by atoms with E-state index in [4.69, 9.17) is 21.1 Å². The Labute approximate surface area is 233 Å². The number of fused-ring (bicyclic) bond motifs is 1. The number of nitrogens with zero attached hydrogens (tertiary/aromatic N) is 1. The van der Waals surface area contributed by atoms with Crippen LogP contribution in [-0.2, 0) is 24.2 Å². The molecule has 0 spiro atoms. The highest BCUT2D eigenvalue weighted by molar-refractivity contribution is 6.31. The third-order valence-electron chi connectivity index (χ3n) is 6.18. The van der Waals surface area contributed by atoms with E-state index in [0.717, 1.165) is 27.6 Å². The molecule has 0 saturated heterocycles. The zero-order valence-corrected chi connectivity index (χ0v) is 22.6. The van der Waals surface area contributed by atoms with Crippen LogP contribution in [0.3, 0.4) is 0 Å². The van der Waals surface area contributed by atoms with E-state index >= 15 is 0 Å². The first-order valence-electron chi connectivity index (χ1n) is 12.8. The van der Waals surface area contributed by atoms with E-state index in [1.165, 1.54) is 0 Å². The van der Waals surface area contributed by atoms with E-state index in [9.17, 15) is 10.1 Å². The summed E-state index contributed by atoms with van der Waals surface area (Å²) in [5, 5.41) is 14.4. The molecule has 7 heteroatoms. The molecule has 0 bridgehead atoms. The average Bonchev–Trinajstić information content (AvgIpc) is 3.35. The van der Waals surface area contributed by atoms with E-state index in [0.29, 0.717) is 48.1 Å². The molecule has 0 aliphatic carbocycles. The quantitative estimate of drug-likeness (QED) is 0.118. The summed E-state index contributed by atoms with van der Waals surface area (Å²) in [5.41, 5.74) is 4.50. The minimum Gasteiger partial charge on any atom is -0.490 e. The van der Waals surface area contributed by atoms with Crippen LogP contribution in [0.15, 0.2) is 85.1 Å². The molecule has 4 aromatic rings. The molecular weight excluding hydrogens is 510 g/mol. The number of H-pyrrole nitrogens is 1. The number of carbonyl (C=O) groups excluding carboxylic acids is 1. The summed E-state index contributed by atoms with van der Waals surface area (Å²) in [5.74, 6) is 0.669. The van der Waals surface area contributed by atoms with E-state index in [-0.39, 0.29) is 12.2 Å². The predicted molar refractivity (Wildman–Crippen MR) is 156 cm³/mol. The van der Waals surface area contributed by atoms with Crippen molar-refractivity contribution in [3.8, 4) is 17.6 Å². The summed E-state index contributed by atoms with van der Waals surface area (Å²) in [6.07, 6.45) is 6.43. The van der Waals surface area contributed by atoms with Gasteiger partial charge in [0.2, 0.25) is 0 Å². The second-order valence-electron chi connectivity index (χ2n) is 8.85. The van der Waals surface area contributed by atoms with Gasteiger partial charge in [0.25, 0.3) is 5.91 Å². The highest BCUT2D eigenvalue weighted by atomic mass is 35.5. The summed E-state index contributed by atoms with van der Waals surface area (Å²) in [6.45, 7) is 6.83. The topological polar surface area (TPSA) is 87.1 Å². The van der Waals surface area contributed by atoms with Crippen molar-refractivity contribution < 1.29 is 14.3 Å². The number of rotatable bonds is 12. The lowest BCUT2D eigenvalue weighted by atomic mass is 10.0. The van der Waals surface area contributed by atoms with E-state index in [1.807, 2.05) is 73.8 Å². The van der Waals surface area contributed by atoms with Gasteiger partial charge in [-0.05, 0) is 61.2 Å². The molecule has 0 aliphatic rings. The molecule has 3 aromatic carbocycles. The van der Waals surface area contributed by atoms with Gasteiger partial charge in [0, 0.05) is 39.8 Å². The first-order valence-corrected chi connectivity index (χ1v) is 13.1. The van der Waals surface area contributed by atoms with Gasteiger partial charge in [-0.2, -0.15) is 5.26 Å². The molecule has 2 N–H and O–H groups in total. The number of nitriles is 1. The van der Waals surface area contributed by atoms with Crippen LogP contribution in [-0.4, -0.2) is 24.0 Å². The van der Waals surface area contributed by atoms with E-state index in [2.05, 4.69) is 16.9 Å². The monoisotopic (exact) mass is 539 g/mol. The second-order valence-corrected chi connectivity index (χ2v) is 9.26. The highest BCUT2D eigenvalue weighted by Crippen LogP contribution is 2.35. The van der Waals surface area contributed by atoms with Crippen LogP contribution in [0.25, 0.3) is 17.0 Å². The van der Waals surface area contributed by atoms with Crippen molar-refractivity contribution in [2.24, 2.45) is 0 Å². The molecule has 0 atom stereocenters. The van der Waals surface area contributed by atoms with Crippen molar-refractivity contribution in [1.82, 2.24) is 10.3 Å². The van der Waals surface area contributed by atoms with Crippen LogP contribution >= 0.6 is 11.6 Å². The molecule has 6 nitrogen and oxygen atoms in total. The number of benzene rings is 3. The molecule has 0 fully saturated rings. The Morgan fingerprint density at radius 2 is 1.90 bits per heavy atom. The Hall–Kier alpha value is -4.47. The Morgan fingerprint density at radius 3 is 2.67 bits per heavy atom. The van der Waals surface area contributed by atoms with E-state index in [1.54, 1.807) is 18.2 Å². The number of hydrogen-bond donors (Lipinski definition) is 2. The number of hydrogen-bond acceptors (Lipinski definition) is 4. The maximum atomic E-state index is 12.9. The first-order chi connectivity index (χ1) is 19.0. The smallest absolute Gasteiger partial charge is 0.261 e. The number of allylic oxidation sites excluding steroid dienone is 1. The maximum Gasteiger partial charge on any atom is 0.261 e. The standard InChI is InChI=1S/C32H30ClN3O3/c1-3-9-23-16-22(18-30(38-4-2)31(23)39-21-25-10-5-7-12-28(25)33)17-26(19-34)32(37)35-15-14-24-20-36-29-13-8-6-11-27(24)29/h3,5-8,10-13,16-18,20,36H,1,4,9,14-15,21H2,2H3,(H,35,37)/b26-17-. The number of aromatic nitrogens is 1. The summed E-state index contributed by atoms with van der Waals surface area (Å²) in [6, 6.07) is 21.2. The SMILES string of the molecule is C=CCc1cc(/C=C(/C#N)C(=O)NCCc2c[nH]c3ccccc23)cc(OCC)c1OCc1ccccc1Cl. The molecule has 198 valence electrons. The molecule has 1 aromatic heterocycles. The van der Waals surface area contributed by atoms with Crippen molar-refractivity contribution in [1.29, 1.82) is 5.26 Å². The number of aromatic amines is 1. The summed E-state index contributed by atoms with van der Waals surface area (Å²) in [4.78, 5) is 16.1. The number of ether oxygens (including phenoxy) is 2. The summed E-state index contributed by atoms with van der Waals surface area (Å²) < 4.78 is 12.1. The molecule has 1 heterocycles. The van der Waals surface area contributed by atoms with E-state index < -0.39 is 5.91 Å². The van der Waals surface area contributed by atoms with Gasteiger partial charge in [-0.25, -0.2) is 0 Å². The van der Waals surface area contributed by atoms with Crippen LogP contribution in [0.1, 0.15) is 29.2 Å². The van der Waals surface area contributed by atoms with Crippen molar-refractivity contribution in [3.63, 3.8) is 0 Å². The Bertz CT molecular complexity index is 1550. The Kier molecular flexibility index (Phi) is 9.44. The molecule has 0 radical (unpaired) electrons. The lowest BCUT2D eigenvalue weighted by molar-refractivity contribution is -0.117.